The van der Waals surface area contributed by atoms with Crippen LogP contribution in [0.15, 0.2) is 55.0 Å². The summed E-state index contributed by atoms with van der Waals surface area (Å²) < 4.78 is 33.3. The standard InChI is InChI=1S/C28H28FN7O3S/c1-18-31-15-24(40-18)16-38-22-12-20(29)13-23(14-22)39-21-4-2-19(3-5-21)26-25-27(30)32-17-33-28(25)36(34-26)7-6-35-8-10-37-11-9-35/h2-5,12-15,17H,6-11,16H2,1H3,(H2,30,32,33). The number of aromatic nitrogens is 5. The topological polar surface area (TPSA) is 113 Å². The zero-order valence-corrected chi connectivity index (χ0v) is 22.7. The Balaban J connectivity index is 1.19. The minimum atomic E-state index is -0.450. The minimum absolute atomic E-state index is 0.309. The van der Waals surface area contributed by atoms with Crippen molar-refractivity contribution in [1.29, 1.82) is 0 Å². The third-order valence-corrected chi connectivity index (χ3v) is 7.44. The van der Waals surface area contributed by atoms with Crippen LogP contribution in [0.3, 0.4) is 0 Å². The molecule has 1 fully saturated rings. The van der Waals surface area contributed by atoms with E-state index >= 15 is 0 Å². The number of hydrogen-bond donors (Lipinski definition) is 1. The van der Waals surface area contributed by atoms with Crippen molar-refractivity contribution in [2.75, 3.05) is 38.6 Å². The maximum Gasteiger partial charge on any atom is 0.164 e. The number of nitrogens with two attached hydrogens (primary N) is 1. The second kappa shape index (κ2) is 11.5. The highest BCUT2D eigenvalue weighted by molar-refractivity contribution is 7.11. The average Bonchev–Trinajstić information content (AvgIpc) is 3.55. The van der Waals surface area contributed by atoms with Crippen molar-refractivity contribution >= 4 is 28.2 Å². The van der Waals surface area contributed by atoms with E-state index in [9.17, 15) is 4.39 Å². The third kappa shape index (κ3) is 5.88. The van der Waals surface area contributed by atoms with Gasteiger partial charge in [-0.2, -0.15) is 5.10 Å². The fraction of sp³-hybridized carbons (Fsp3) is 0.286. The maximum absolute atomic E-state index is 14.3. The molecule has 0 amide bonds. The molecule has 5 aromatic rings. The van der Waals surface area contributed by atoms with Gasteiger partial charge in [-0.1, -0.05) is 0 Å². The Hall–Kier alpha value is -4.13. The summed E-state index contributed by atoms with van der Waals surface area (Å²) in [5.74, 6) is 1.17. The number of ether oxygens (including phenoxy) is 3. The number of benzene rings is 2. The second-order valence-electron chi connectivity index (χ2n) is 9.37. The fourth-order valence-electron chi connectivity index (χ4n) is 4.57. The normalized spacial score (nSPS) is 14.1. The highest BCUT2D eigenvalue weighted by Crippen LogP contribution is 2.33. The summed E-state index contributed by atoms with van der Waals surface area (Å²) in [5, 5.41) is 6.52. The SMILES string of the molecule is Cc1ncc(COc2cc(F)cc(Oc3ccc(-c4nn(CCN5CCOCC5)c5ncnc(N)c45)cc3)c2)s1. The zero-order valence-electron chi connectivity index (χ0n) is 21.9. The van der Waals surface area contributed by atoms with E-state index in [1.165, 1.54) is 29.8 Å². The summed E-state index contributed by atoms with van der Waals surface area (Å²) in [6.45, 7) is 7.02. The van der Waals surface area contributed by atoms with E-state index in [2.05, 4.69) is 19.9 Å². The number of anilines is 1. The molecule has 1 aliphatic rings. The number of halogens is 1. The van der Waals surface area contributed by atoms with Crippen LogP contribution in [0.4, 0.5) is 10.2 Å². The van der Waals surface area contributed by atoms with Gasteiger partial charge in [-0.05, 0) is 31.2 Å². The number of nitrogen functional groups attached to an aromatic ring is 1. The molecular weight excluding hydrogens is 533 g/mol. The van der Waals surface area contributed by atoms with E-state index in [0.29, 0.717) is 52.9 Å². The smallest absolute Gasteiger partial charge is 0.164 e. The largest absolute Gasteiger partial charge is 0.488 e. The van der Waals surface area contributed by atoms with Gasteiger partial charge >= 0.3 is 0 Å². The Morgan fingerprint density at radius 3 is 2.58 bits per heavy atom. The van der Waals surface area contributed by atoms with Crippen molar-refractivity contribution in [1.82, 2.24) is 29.6 Å². The molecule has 0 bridgehead atoms. The van der Waals surface area contributed by atoms with Gasteiger partial charge in [0.05, 0.1) is 35.0 Å². The zero-order chi connectivity index (χ0) is 27.5. The maximum atomic E-state index is 14.3. The molecule has 1 aliphatic heterocycles. The first-order valence-corrected chi connectivity index (χ1v) is 13.7. The van der Waals surface area contributed by atoms with Crippen LogP contribution in [-0.2, 0) is 17.9 Å². The van der Waals surface area contributed by atoms with E-state index in [0.717, 1.165) is 48.3 Å². The number of morpholine rings is 1. The number of hydrogen-bond acceptors (Lipinski definition) is 10. The number of nitrogens with zero attached hydrogens (tertiary/aromatic N) is 6. The molecule has 1 saturated heterocycles. The lowest BCUT2D eigenvalue weighted by Crippen LogP contribution is -2.38. The molecule has 0 aliphatic carbocycles. The summed E-state index contributed by atoms with van der Waals surface area (Å²) in [5.41, 5.74) is 8.49. The summed E-state index contributed by atoms with van der Waals surface area (Å²) in [6.07, 6.45) is 3.22. The van der Waals surface area contributed by atoms with Crippen molar-refractivity contribution in [2.24, 2.45) is 0 Å². The van der Waals surface area contributed by atoms with Gasteiger partial charge in [0.15, 0.2) is 5.65 Å². The number of fused-ring (bicyclic) bond motifs is 1. The van der Waals surface area contributed by atoms with Crippen LogP contribution in [-0.4, -0.2) is 62.5 Å². The van der Waals surface area contributed by atoms with Gasteiger partial charge in [0.2, 0.25) is 0 Å². The molecule has 12 heteroatoms. The lowest BCUT2D eigenvalue weighted by Gasteiger charge is -2.26. The average molecular weight is 562 g/mol. The molecule has 4 heterocycles. The first kappa shape index (κ1) is 26.1. The molecule has 0 unspecified atom stereocenters. The van der Waals surface area contributed by atoms with E-state index in [1.807, 2.05) is 23.7 Å². The Labute approximate surface area is 234 Å². The van der Waals surface area contributed by atoms with Gasteiger partial charge < -0.3 is 19.9 Å². The predicted molar refractivity (Wildman–Crippen MR) is 150 cm³/mol. The van der Waals surface area contributed by atoms with Crippen molar-refractivity contribution in [2.45, 2.75) is 20.1 Å². The first-order valence-electron chi connectivity index (χ1n) is 12.9. The van der Waals surface area contributed by atoms with E-state index in [1.54, 1.807) is 24.4 Å². The molecule has 10 nitrogen and oxygen atoms in total. The number of thiazole rings is 1. The molecule has 0 saturated carbocycles. The second-order valence-corrected chi connectivity index (χ2v) is 10.7. The van der Waals surface area contributed by atoms with Crippen LogP contribution in [0.5, 0.6) is 17.2 Å². The van der Waals surface area contributed by atoms with Crippen LogP contribution in [0.2, 0.25) is 0 Å². The van der Waals surface area contributed by atoms with Gasteiger partial charge in [0.25, 0.3) is 0 Å². The highest BCUT2D eigenvalue weighted by Gasteiger charge is 2.18. The molecule has 3 aromatic heterocycles. The Morgan fingerprint density at radius 2 is 1.80 bits per heavy atom. The molecule has 2 N–H and O–H groups in total. The third-order valence-electron chi connectivity index (χ3n) is 6.55. The van der Waals surface area contributed by atoms with Crippen molar-refractivity contribution < 1.29 is 18.6 Å². The number of rotatable bonds is 9. The van der Waals surface area contributed by atoms with Crippen molar-refractivity contribution in [3.05, 3.63) is 70.7 Å². The van der Waals surface area contributed by atoms with Crippen LogP contribution < -0.4 is 15.2 Å². The molecule has 0 radical (unpaired) electrons. The minimum Gasteiger partial charge on any atom is -0.488 e. The molecule has 0 atom stereocenters. The van der Waals surface area contributed by atoms with Crippen LogP contribution in [0.1, 0.15) is 9.88 Å². The quantitative estimate of drug-likeness (QED) is 0.274. The van der Waals surface area contributed by atoms with Crippen LogP contribution in [0, 0.1) is 12.7 Å². The van der Waals surface area contributed by atoms with Gasteiger partial charge in [-0.15, -0.1) is 11.3 Å². The van der Waals surface area contributed by atoms with E-state index < -0.39 is 5.82 Å². The Morgan fingerprint density at radius 1 is 1.00 bits per heavy atom. The van der Waals surface area contributed by atoms with Gasteiger partial charge in [0, 0.05) is 49.6 Å². The van der Waals surface area contributed by atoms with Crippen molar-refractivity contribution in [3.8, 4) is 28.5 Å². The molecule has 2 aromatic carbocycles. The lowest BCUT2D eigenvalue weighted by atomic mass is 10.1. The predicted octanol–water partition coefficient (Wildman–Crippen LogP) is 4.68. The highest BCUT2D eigenvalue weighted by atomic mass is 32.1. The fourth-order valence-corrected chi connectivity index (χ4v) is 5.28. The van der Waals surface area contributed by atoms with Crippen LogP contribution in [0.25, 0.3) is 22.3 Å². The monoisotopic (exact) mass is 561 g/mol. The first-order chi connectivity index (χ1) is 19.5. The molecule has 0 spiro atoms. The van der Waals surface area contributed by atoms with Gasteiger partial charge in [-0.25, -0.2) is 24.0 Å². The van der Waals surface area contributed by atoms with E-state index in [4.69, 9.17) is 25.0 Å². The molecule has 40 heavy (non-hydrogen) atoms. The van der Waals surface area contributed by atoms with Gasteiger partial charge in [0.1, 0.15) is 47.5 Å². The summed E-state index contributed by atoms with van der Waals surface area (Å²) in [4.78, 5) is 16.2. The molecule has 206 valence electrons. The van der Waals surface area contributed by atoms with E-state index in [-0.39, 0.29) is 0 Å². The van der Waals surface area contributed by atoms with Crippen LogP contribution >= 0.6 is 11.3 Å². The number of aryl methyl sites for hydroxylation is 1. The summed E-state index contributed by atoms with van der Waals surface area (Å²) >= 11 is 1.54. The summed E-state index contributed by atoms with van der Waals surface area (Å²) in [6, 6.07) is 11.7. The van der Waals surface area contributed by atoms with Gasteiger partial charge in [-0.3, -0.25) is 4.90 Å². The van der Waals surface area contributed by atoms with Crippen molar-refractivity contribution in [3.63, 3.8) is 0 Å². The molecule has 6 rings (SSSR count). The summed E-state index contributed by atoms with van der Waals surface area (Å²) in [7, 11) is 0. The lowest BCUT2D eigenvalue weighted by molar-refractivity contribution is 0.0361. The Bertz CT molecular complexity index is 1620. The Kier molecular flexibility index (Phi) is 7.53. The molecular formula is C28H28FN7O3S.